The SMILES string of the molecule is COc1ccc(C[N+]2(C)CCC[C@@H](N(C(=O)Nc3ccc(C(=O)NC(C)C)cc3)[C@@H](Cc3ccc(O)cc3)C(N)=O)C2)cc1OC. The van der Waals surface area contributed by atoms with E-state index in [9.17, 15) is 19.5 Å². The fourth-order valence-corrected chi connectivity index (χ4v) is 6.18. The van der Waals surface area contributed by atoms with Crippen molar-refractivity contribution in [1.82, 2.24) is 10.2 Å². The molecule has 0 bridgehead atoms. The summed E-state index contributed by atoms with van der Waals surface area (Å²) in [5.41, 5.74) is 8.80. The van der Waals surface area contributed by atoms with Crippen LogP contribution in [0, 0.1) is 0 Å². The second kappa shape index (κ2) is 15.0. The van der Waals surface area contributed by atoms with Gasteiger partial charge in [-0.05, 0) is 86.8 Å². The van der Waals surface area contributed by atoms with E-state index in [-0.39, 0.29) is 30.2 Å². The van der Waals surface area contributed by atoms with Gasteiger partial charge in [-0.2, -0.15) is 0 Å². The fourth-order valence-electron chi connectivity index (χ4n) is 6.18. The molecule has 0 aromatic heterocycles. The molecule has 1 saturated heterocycles. The minimum Gasteiger partial charge on any atom is -0.508 e. The van der Waals surface area contributed by atoms with Gasteiger partial charge in [0.05, 0.1) is 40.4 Å². The third kappa shape index (κ3) is 8.69. The maximum absolute atomic E-state index is 14.1. The number of likely N-dealkylation sites (N-methyl/N-ethyl adjacent to an activating group) is 1. The third-order valence-electron chi connectivity index (χ3n) is 8.37. The van der Waals surface area contributed by atoms with Crippen molar-refractivity contribution in [3.05, 3.63) is 83.4 Å². The summed E-state index contributed by atoms with van der Waals surface area (Å²) in [7, 11) is 5.36. The van der Waals surface area contributed by atoms with Crippen molar-refractivity contribution >= 4 is 23.5 Å². The van der Waals surface area contributed by atoms with E-state index in [1.165, 1.54) is 0 Å². The second-order valence-corrected chi connectivity index (χ2v) is 12.5. The molecule has 1 unspecified atom stereocenters. The number of rotatable bonds is 12. The summed E-state index contributed by atoms with van der Waals surface area (Å²) in [6.07, 6.45) is 1.72. The van der Waals surface area contributed by atoms with Gasteiger partial charge >= 0.3 is 6.03 Å². The summed E-state index contributed by atoms with van der Waals surface area (Å²) in [6, 6.07) is 17.3. The highest BCUT2D eigenvalue weighted by atomic mass is 16.5. The summed E-state index contributed by atoms with van der Waals surface area (Å²) in [4.78, 5) is 41.2. The molecule has 11 nitrogen and oxygen atoms in total. The molecule has 46 heavy (non-hydrogen) atoms. The first-order valence-electron chi connectivity index (χ1n) is 15.5. The number of primary amides is 1. The normalized spacial score (nSPS) is 18.3. The number of nitrogens with zero attached hydrogens (tertiary/aromatic N) is 2. The summed E-state index contributed by atoms with van der Waals surface area (Å²) >= 11 is 0. The van der Waals surface area contributed by atoms with Crippen LogP contribution in [-0.2, 0) is 17.8 Å². The molecule has 3 atom stereocenters. The molecule has 1 fully saturated rings. The van der Waals surface area contributed by atoms with Gasteiger partial charge < -0.3 is 40.3 Å². The molecule has 5 N–H and O–H groups in total. The lowest BCUT2D eigenvalue weighted by Crippen LogP contribution is -2.62. The zero-order chi connectivity index (χ0) is 33.4. The summed E-state index contributed by atoms with van der Waals surface area (Å²) in [5, 5.41) is 15.6. The van der Waals surface area contributed by atoms with Crippen LogP contribution in [0.1, 0.15) is 48.2 Å². The standard InChI is InChI=1S/C35H45N5O6/c1-23(2)37-34(43)26-11-13-27(14-12-26)38-35(44)39(30(33(36)42)19-24-8-15-29(41)16-9-24)28-7-6-18-40(3,22-28)21-25-10-17-31(45-4)32(20-25)46-5/h8-17,20,23,28,30H,6-7,18-19,21-22H2,1-5H3,(H4-,36,37,38,41,42,43,44)/p+1/t28-,30+,40?/m1/s1. The molecule has 0 radical (unpaired) electrons. The lowest BCUT2D eigenvalue weighted by molar-refractivity contribution is -0.928. The molecule has 1 aliphatic rings. The molecule has 0 spiro atoms. The lowest BCUT2D eigenvalue weighted by atomic mass is 9.96. The van der Waals surface area contributed by atoms with E-state index in [2.05, 4.69) is 17.7 Å². The van der Waals surface area contributed by atoms with Gasteiger partial charge in [0.15, 0.2) is 11.5 Å². The van der Waals surface area contributed by atoms with Gasteiger partial charge in [0.25, 0.3) is 5.91 Å². The molecule has 3 aromatic rings. The number of ether oxygens (including phenoxy) is 2. The number of methoxy groups -OCH3 is 2. The number of hydrogen-bond acceptors (Lipinski definition) is 6. The van der Waals surface area contributed by atoms with E-state index >= 15 is 0 Å². The number of nitrogens with two attached hydrogens (primary N) is 1. The highest BCUT2D eigenvalue weighted by Crippen LogP contribution is 2.31. The Morgan fingerprint density at radius 2 is 1.63 bits per heavy atom. The number of phenolic OH excluding ortho intramolecular Hbond substituents is 1. The molecular formula is C35H46N5O6+. The molecule has 246 valence electrons. The second-order valence-electron chi connectivity index (χ2n) is 12.5. The molecule has 0 saturated carbocycles. The van der Waals surface area contributed by atoms with Gasteiger partial charge in [-0.3, -0.25) is 9.59 Å². The summed E-state index contributed by atoms with van der Waals surface area (Å²) in [5.74, 6) is 0.585. The number of urea groups is 1. The number of quaternary nitrogens is 1. The van der Waals surface area contributed by atoms with Gasteiger partial charge in [-0.1, -0.05) is 12.1 Å². The Kier molecular flexibility index (Phi) is 11.1. The number of carbonyl (C=O) groups excluding carboxylic acids is 3. The van der Waals surface area contributed by atoms with Crippen LogP contribution in [0.25, 0.3) is 0 Å². The molecule has 4 amide bonds. The van der Waals surface area contributed by atoms with Gasteiger partial charge in [-0.25, -0.2) is 4.79 Å². The molecule has 1 aliphatic heterocycles. The van der Waals surface area contributed by atoms with Gasteiger partial charge in [0.1, 0.15) is 18.3 Å². The van der Waals surface area contributed by atoms with E-state index in [1.807, 2.05) is 32.0 Å². The number of benzene rings is 3. The number of anilines is 1. The van der Waals surface area contributed by atoms with Gasteiger partial charge in [-0.15, -0.1) is 0 Å². The van der Waals surface area contributed by atoms with Crippen LogP contribution in [-0.4, -0.2) is 84.8 Å². The van der Waals surface area contributed by atoms with Crippen molar-refractivity contribution in [2.24, 2.45) is 5.73 Å². The maximum atomic E-state index is 14.1. The highest BCUT2D eigenvalue weighted by molar-refractivity contribution is 5.96. The first kappa shape index (κ1) is 34.1. The van der Waals surface area contributed by atoms with Crippen molar-refractivity contribution in [3.63, 3.8) is 0 Å². The number of hydrogen-bond donors (Lipinski definition) is 4. The highest BCUT2D eigenvalue weighted by Gasteiger charge is 2.41. The lowest BCUT2D eigenvalue weighted by Gasteiger charge is -2.46. The van der Waals surface area contributed by atoms with E-state index in [4.69, 9.17) is 15.2 Å². The van der Waals surface area contributed by atoms with Crippen LogP contribution in [0.3, 0.4) is 0 Å². The van der Waals surface area contributed by atoms with Crippen molar-refractivity contribution in [2.45, 2.75) is 57.8 Å². The molecule has 3 aromatic carbocycles. The third-order valence-corrected chi connectivity index (χ3v) is 8.37. The topological polar surface area (TPSA) is 143 Å². The van der Waals surface area contributed by atoms with E-state index in [0.717, 1.165) is 24.1 Å². The largest absolute Gasteiger partial charge is 0.508 e. The Bertz CT molecular complexity index is 1510. The van der Waals surface area contributed by atoms with Gasteiger partial charge in [0.2, 0.25) is 5.91 Å². The number of carbonyl (C=O) groups is 3. The smallest absolute Gasteiger partial charge is 0.323 e. The average molecular weight is 633 g/mol. The minimum absolute atomic E-state index is 0.00826. The molecular weight excluding hydrogens is 586 g/mol. The number of nitrogens with one attached hydrogen (secondary N) is 2. The van der Waals surface area contributed by atoms with Crippen LogP contribution in [0.4, 0.5) is 10.5 Å². The van der Waals surface area contributed by atoms with Crippen LogP contribution in [0.5, 0.6) is 17.2 Å². The van der Waals surface area contributed by atoms with Crippen LogP contribution >= 0.6 is 0 Å². The van der Waals surface area contributed by atoms with Gasteiger partial charge in [0, 0.05) is 29.3 Å². The first-order chi connectivity index (χ1) is 21.9. The number of amides is 4. The van der Waals surface area contributed by atoms with E-state index < -0.39 is 18.0 Å². The van der Waals surface area contributed by atoms with Crippen molar-refractivity contribution in [1.29, 1.82) is 0 Å². The minimum atomic E-state index is -0.946. The zero-order valence-corrected chi connectivity index (χ0v) is 27.3. The average Bonchev–Trinajstić information content (AvgIpc) is 3.01. The Morgan fingerprint density at radius 1 is 0.978 bits per heavy atom. The van der Waals surface area contributed by atoms with Crippen molar-refractivity contribution in [3.8, 4) is 17.2 Å². The number of likely N-dealkylation sites (tertiary alicyclic amines) is 1. The first-order valence-corrected chi connectivity index (χ1v) is 15.5. The monoisotopic (exact) mass is 632 g/mol. The number of piperidine rings is 1. The quantitative estimate of drug-likeness (QED) is 0.220. The van der Waals surface area contributed by atoms with E-state index in [1.54, 1.807) is 67.7 Å². The molecule has 4 rings (SSSR count). The molecule has 0 aliphatic carbocycles. The summed E-state index contributed by atoms with van der Waals surface area (Å²) in [6.45, 7) is 5.94. The van der Waals surface area contributed by atoms with Crippen LogP contribution < -0.4 is 25.8 Å². The summed E-state index contributed by atoms with van der Waals surface area (Å²) < 4.78 is 11.6. The number of aromatic hydroxyl groups is 1. The Balaban J connectivity index is 1.62. The van der Waals surface area contributed by atoms with Crippen molar-refractivity contribution in [2.75, 3.05) is 39.7 Å². The van der Waals surface area contributed by atoms with Crippen LogP contribution in [0.2, 0.25) is 0 Å². The Hall–Kier alpha value is -4.77. The van der Waals surface area contributed by atoms with E-state index in [0.29, 0.717) is 46.7 Å². The number of phenols is 1. The predicted octanol–water partition coefficient (Wildman–Crippen LogP) is 4.29. The molecule has 11 heteroatoms. The Labute approximate surface area is 270 Å². The maximum Gasteiger partial charge on any atom is 0.323 e. The van der Waals surface area contributed by atoms with Crippen molar-refractivity contribution < 1.29 is 33.4 Å². The fraction of sp³-hybridized carbons (Fsp3) is 0.400. The van der Waals surface area contributed by atoms with Crippen LogP contribution in [0.15, 0.2) is 66.7 Å². The predicted molar refractivity (Wildman–Crippen MR) is 177 cm³/mol. The zero-order valence-electron chi connectivity index (χ0n) is 27.3. The molecule has 1 heterocycles. The Morgan fingerprint density at radius 3 is 2.24 bits per heavy atom.